The van der Waals surface area contributed by atoms with Crippen LogP contribution < -0.4 is 0 Å². The van der Waals surface area contributed by atoms with Crippen molar-refractivity contribution in [3.63, 3.8) is 0 Å². The van der Waals surface area contributed by atoms with E-state index in [1.165, 1.54) is 17.5 Å². The first-order valence-corrected chi connectivity index (χ1v) is 3.74. The molecule has 0 saturated heterocycles. The molecule has 10 heavy (non-hydrogen) atoms. The minimum atomic E-state index is 1.15. The molecule has 0 atom stereocenters. The van der Waals surface area contributed by atoms with Crippen LogP contribution in [0.5, 0.6) is 0 Å². The fourth-order valence-corrected chi connectivity index (χ4v) is 1.07. The summed E-state index contributed by atoms with van der Waals surface area (Å²) < 4.78 is 0. The standard InChI is InChI=1S/C10H13/c1-3-6-10-8-5-4-7-9(10)2/h4-5,7-8H,2-3,6H2,1H3. The van der Waals surface area contributed by atoms with Gasteiger partial charge in [-0.15, -0.1) is 0 Å². The van der Waals surface area contributed by atoms with Crippen LogP contribution in [0.15, 0.2) is 24.3 Å². The maximum atomic E-state index is 3.94. The first kappa shape index (κ1) is 7.33. The van der Waals surface area contributed by atoms with E-state index >= 15 is 0 Å². The second-order valence-corrected chi connectivity index (χ2v) is 2.52. The maximum Gasteiger partial charge on any atom is -0.0235 e. The number of benzene rings is 1. The van der Waals surface area contributed by atoms with Crippen LogP contribution in [-0.2, 0) is 6.42 Å². The second-order valence-electron chi connectivity index (χ2n) is 2.52. The highest BCUT2D eigenvalue weighted by atomic mass is 14.0. The summed E-state index contributed by atoms with van der Waals surface area (Å²) in [5.41, 5.74) is 2.55. The monoisotopic (exact) mass is 133 g/mol. The molecular formula is C10H13. The highest BCUT2D eigenvalue weighted by Crippen LogP contribution is 2.08. The molecule has 0 heterocycles. The van der Waals surface area contributed by atoms with E-state index in [1.54, 1.807) is 0 Å². The van der Waals surface area contributed by atoms with Gasteiger partial charge in [0.15, 0.2) is 0 Å². The normalized spacial score (nSPS) is 9.80. The largest absolute Gasteiger partial charge is 0.0651 e. The third-order valence-corrected chi connectivity index (χ3v) is 1.64. The van der Waals surface area contributed by atoms with Crippen molar-refractivity contribution in [2.24, 2.45) is 0 Å². The van der Waals surface area contributed by atoms with Crippen molar-refractivity contribution in [1.29, 1.82) is 0 Å². The Balaban J connectivity index is 2.81. The number of hydrogen-bond acceptors (Lipinski definition) is 0. The molecule has 0 N–H and O–H groups in total. The molecule has 1 rings (SSSR count). The van der Waals surface area contributed by atoms with Crippen LogP contribution >= 0.6 is 0 Å². The Labute approximate surface area is 62.9 Å². The lowest BCUT2D eigenvalue weighted by atomic mass is 10.1. The van der Waals surface area contributed by atoms with Crippen molar-refractivity contribution in [3.8, 4) is 0 Å². The minimum absolute atomic E-state index is 1.15. The van der Waals surface area contributed by atoms with Crippen LogP contribution in [-0.4, -0.2) is 0 Å². The molecule has 0 saturated carbocycles. The van der Waals surface area contributed by atoms with Crippen molar-refractivity contribution in [2.45, 2.75) is 19.8 Å². The molecule has 0 aliphatic rings. The zero-order valence-electron chi connectivity index (χ0n) is 6.43. The predicted molar refractivity (Wildman–Crippen MR) is 44.9 cm³/mol. The first-order chi connectivity index (χ1) is 4.84. The number of hydrogen-bond donors (Lipinski definition) is 0. The van der Waals surface area contributed by atoms with Crippen LogP contribution in [0.3, 0.4) is 0 Å². The third kappa shape index (κ3) is 1.60. The van der Waals surface area contributed by atoms with Gasteiger partial charge in [-0.1, -0.05) is 37.6 Å². The van der Waals surface area contributed by atoms with Crippen LogP contribution in [0.2, 0.25) is 0 Å². The fraction of sp³-hybridized carbons (Fsp3) is 0.300. The molecular weight excluding hydrogens is 120 g/mol. The quantitative estimate of drug-likeness (QED) is 0.582. The van der Waals surface area contributed by atoms with E-state index < -0.39 is 0 Å². The van der Waals surface area contributed by atoms with E-state index in [1.807, 2.05) is 6.07 Å². The van der Waals surface area contributed by atoms with Gasteiger partial charge in [-0.25, -0.2) is 0 Å². The van der Waals surface area contributed by atoms with Crippen molar-refractivity contribution < 1.29 is 0 Å². The van der Waals surface area contributed by atoms with Gasteiger partial charge in [0.25, 0.3) is 0 Å². The minimum Gasteiger partial charge on any atom is -0.0651 e. The molecule has 1 aromatic rings. The van der Waals surface area contributed by atoms with Crippen molar-refractivity contribution in [1.82, 2.24) is 0 Å². The van der Waals surface area contributed by atoms with Gasteiger partial charge >= 0.3 is 0 Å². The average Bonchev–Trinajstić information content (AvgIpc) is 1.94. The van der Waals surface area contributed by atoms with E-state index in [0.29, 0.717) is 0 Å². The van der Waals surface area contributed by atoms with Crippen LogP contribution in [0.1, 0.15) is 24.5 Å². The topological polar surface area (TPSA) is 0 Å². The van der Waals surface area contributed by atoms with Gasteiger partial charge in [-0.2, -0.15) is 0 Å². The van der Waals surface area contributed by atoms with Crippen LogP contribution in [0.25, 0.3) is 0 Å². The fourth-order valence-electron chi connectivity index (χ4n) is 1.07. The smallest absolute Gasteiger partial charge is 0.0235 e. The molecule has 0 amide bonds. The predicted octanol–water partition coefficient (Wildman–Crippen LogP) is 2.82. The summed E-state index contributed by atoms with van der Waals surface area (Å²) in [6.07, 6.45) is 2.35. The molecule has 0 aromatic heterocycles. The Morgan fingerprint density at radius 2 is 2.00 bits per heavy atom. The zero-order chi connectivity index (χ0) is 7.40. The molecule has 53 valence electrons. The SMILES string of the molecule is [CH2]c1ccccc1CCC. The summed E-state index contributed by atoms with van der Waals surface area (Å²) in [7, 11) is 0. The summed E-state index contributed by atoms with van der Waals surface area (Å²) in [5, 5.41) is 0. The summed E-state index contributed by atoms with van der Waals surface area (Å²) >= 11 is 0. The zero-order valence-corrected chi connectivity index (χ0v) is 6.43. The highest BCUT2D eigenvalue weighted by Gasteiger charge is 1.92. The number of aryl methyl sites for hydroxylation is 1. The molecule has 0 aliphatic carbocycles. The lowest BCUT2D eigenvalue weighted by molar-refractivity contribution is 0.917. The van der Waals surface area contributed by atoms with Crippen LogP contribution in [0.4, 0.5) is 0 Å². The first-order valence-electron chi connectivity index (χ1n) is 3.74. The van der Waals surface area contributed by atoms with Gasteiger partial charge in [0, 0.05) is 0 Å². The van der Waals surface area contributed by atoms with Gasteiger partial charge in [0.05, 0.1) is 0 Å². The van der Waals surface area contributed by atoms with E-state index in [9.17, 15) is 0 Å². The number of rotatable bonds is 2. The van der Waals surface area contributed by atoms with Crippen molar-refractivity contribution >= 4 is 0 Å². The van der Waals surface area contributed by atoms with Gasteiger partial charge in [0.2, 0.25) is 0 Å². The van der Waals surface area contributed by atoms with Gasteiger partial charge < -0.3 is 0 Å². The molecule has 1 radical (unpaired) electrons. The lowest BCUT2D eigenvalue weighted by Crippen LogP contribution is -1.85. The van der Waals surface area contributed by atoms with Crippen LogP contribution in [0, 0.1) is 6.92 Å². The lowest BCUT2D eigenvalue weighted by Gasteiger charge is -2.00. The van der Waals surface area contributed by atoms with Gasteiger partial charge in [-0.05, 0) is 24.5 Å². The molecule has 1 aromatic carbocycles. The van der Waals surface area contributed by atoms with Gasteiger partial charge in [0.1, 0.15) is 0 Å². The molecule has 0 heteroatoms. The molecule has 0 aliphatic heterocycles. The summed E-state index contributed by atoms with van der Waals surface area (Å²) in [5.74, 6) is 0. The Morgan fingerprint density at radius 3 is 2.60 bits per heavy atom. The van der Waals surface area contributed by atoms with E-state index in [4.69, 9.17) is 0 Å². The highest BCUT2D eigenvalue weighted by molar-refractivity contribution is 5.29. The van der Waals surface area contributed by atoms with Gasteiger partial charge in [-0.3, -0.25) is 0 Å². The molecule has 0 bridgehead atoms. The summed E-state index contributed by atoms with van der Waals surface area (Å²) in [6, 6.07) is 8.30. The second kappa shape index (κ2) is 3.40. The Kier molecular flexibility index (Phi) is 2.49. The average molecular weight is 133 g/mol. The van der Waals surface area contributed by atoms with Crippen molar-refractivity contribution in [2.75, 3.05) is 0 Å². The van der Waals surface area contributed by atoms with Crippen molar-refractivity contribution in [3.05, 3.63) is 42.3 Å². The molecule has 0 unspecified atom stereocenters. The van der Waals surface area contributed by atoms with E-state index in [-0.39, 0.29) is 0 Å². The molecule has 0 spiro atoms. The Hall–Kier alpha value is -0.780. The summed E-state index contributed by atoms with van der Waals surface area (Å²) in [4.78, 5) is 0. The molecule has 0 fully saturated rings. The third-order valence-electron chi connectivity index (χ3n) is 1.64. The molecule has 0 nitrogen and oxygen atoms in total. The van der Waals surface area contributed by atoms with E-state index in [2.05, 4.69) is 32.0 Å². The van der Waals surface area contributed by atoms with E-state index in [0.717, 1.165) is 6.42 Å². The Bertz CT molecular complexity index is 201. The summed E-state index contributed by atoms with van der Waals surface area (Å²) in [6.45, 7) is 6.13. The maximum absolute atomic E-state index is 3.94. The Morgan fingerprint density at radius 1 is 1.30 bits per heavy atom.